The highest BCUT2D eigenvalue weighted by Crippen LogP contribution is 2.14. The fourth-order valence-electron chi connectivity index (χ4n) is 1.94. The van der Waals surface area contributed by atoms with Crippen LogP contribution in [0.1, 0.15) is 32.0 Å². The molecule has 1 atom stereocenters. The van der Waals surface area contributed by atoms with Crippen LogP contribution in [0.2, 0.25) is 0 Å². The molecule has 1 fully saturated rings. The quantitative estimate of drug-likeness (QED) is 0.766. The van der Waals surface area contributed by atoms with Gasteiger partial charge in [-0.15, -0.1) is 0 Å². The Morgan fingerprint density at radius 2 is 2.38 bits per heavy atom. The summed E-state index contributed by atoms with van der Waals surface area (Å²) in [6.07, 6.45) is 1.40. The van der Waals surface area contributed by atoms with E-state index in [1.54, 1.807) is 0 Å². The van der Waals surface area contributed by atoms with Crippen molar-refractivity contribution in [1.82, 2.24) is 15.0 Å². The predicted octanol–water partition coefficient (Wildman–Crippen LogP) is 1.04. The third kappa shape index (κ3) is 2.47. The van der Waals surface area contributed by atoms with Crippen LogP contribution in [0.4, 0.5) is 0 Å². The summed E-state index contributed by atoms with van der Waals surface area (Å²) in [4.78, 5) is 17.8. The Balaban J connectivity index is 1.92. The third-order valence-corrected chi connectivity index (χ3v) is 2.93. The van der Waals surface area contributed by atoms with Crippen LogP contribution in [-0.4, -0.2) is 33.9 Å². The molecular weight excluding hydrogens is 206 g/mol. The first-order valence-corrected chi connectivity index (χ1v) is 5.75. The molecule has 1 aliphatic rings. The van der Waals surface area contributed by atoms with Crippen molar-refractivity contribution in [3.05, 3.63) is 11.7 Å². The number of carbonyl (C=O) groups excluding carboxylic acids is 1. The van der Waals surface area contributed by atoms with Gasteiger partial charge in [0.2, 0.25) is 5.89 Å². The van der Waals surface area contributed by atoms with Gasteiger partial charge >= 0.3 is 0 Å². The molecule has 16 heavy (non-hydrogen) atoms. The molecule has 0 amide bonds. The summed E-state index contributed by atoms with van der Waals surface area (Å²) in [7, 11) is 0. The zero-order chi connectivity index (χ0) is 11.5. The molecule has 2 heterocycles. The molecule has 0 saturated carbocycles. The number of hydrogen-bond acceptors (Lipinski definition) is 5. The Bertz CT molecular complexity index is 375. The molecule has 5 nitrogen and oxygen atoms in total. The van der Waals surface area contributed by atoms with E-state index in [0.29, 0.717) is 24.6 Å². The summed E-state index contributed by atoms with van der Waals surface area (Å²) in [5, 5.41) is 3.91. The normalized spacial score (nSPS) is 22.6. The lowest BCUT2D eigenvalue weighted by Crippen LogP contribution is -2.39. The molecule has 0 bridgehead atoms. The van der Waals surface area contributed by atoms with Gasteiger partial charge in [0, 0.05) is 31.8 Å². The number of aromatic nitrogens is 2. The maximum absolute atomic E-state index is 11.4. The van der Waals surface area contributed by atoms with Gasteiger partial charge in [0.25, 0.3) is 0 Å². The van der Waals surface area contributed by atoms with Crippen LogP contribution in [0.25, 0.3) is 0 Å². The van der Waals surface area contributed by atoms with Crippen molar-refractivity contribution < 1.29 is 9.32 Å². The van der Waals surface area contributed by atoms with Gasteiger partial charge in [-0.1, -0.05) is 19.0 Å². The van der Waals surface area contributed by atoms with E-state index in [1.807, 2.05) is 13.8 Å². The fraction of sp³-hybridized carbons (Fsp3) is 0.727. The van der Waals surface area contributed by atoms with Gasteiger partial charge in [0.1, 0.15) is 5.78 Å². The molecule has 88 valence electrons. The van der Waals surface area contributed by atoms with Crippen LogP contribution in [-0.2, 0) is 17.8 Å². The number of hydrogen-bond donors (Lipinski definition) is 0. The Morgan fingerprint density at radius 3 is 3.00 bits per heavy atom. The summed E-state index contributed by atoms with van der Waals surface area (Å²) in [6.45, 7) is 6.25. The predicted molar refractivity (Wildman–Crippen MR) is 57.7 cm³/mol. The van der Waals surface area contributed by atoms with Crippen molar-refractivity contribution in [2.45, 2.75) is 33.2 Å². The van der Waals surface area contributed by atoms with Crippen LogP contribution < -0.4 is 0 Å². The molecule has 0 radical (unpaired) electrons. The van der Waals surface area contributed by atoms with Crippen molar-refractivity contribution in [2.75, 3.05) is 13.1 Å². The molecular formula is C11H17N3O2. The largest absolute Gasteiger partial charge is 0.339 e. The van der Waals surface area contributed by atoms with E-state index in [-0.39, 0.29) is 5.92 Å². The van der Waals surface area contributed by atoms with Gasteiger partial charge in [0.15, 0.2) is 5.82 Å². The molecule has 0 N–H and O–H groups in total. The monoisotopic (exact) mass is 223 g/mol. The summed E-state index contributed by atoms with van der Waals surface area (Å²) >= 11 is 0. The highest BCUT2D eigenvalue weighted by atomic mass is 16.5. The summed E-state index contributed by atoms with van der Waals surface area (Å²) < 4.78 is 5.05. The van der Waals surface area contributed by atoms with E-state index >= 15 is 0 Å². The van der Waals surface area contributed by atoms with Gasteiger partial charge in [-0.3, -0.25) is 9.69 Å². The van der Waals surface area contributed by atoms with Crippen molar-refractivity contribution in [3.63, 3.8) is 0 Å². The standard InChI is InChI=1S/C11H17N3O2/c1-3-11-12-10(13-16-11)7-14-5-4-9(15)8(2)6-14/h8H,3-7H2,1-2H3. The molecule has 0 aliphatic carbocycles. The van der Waals surface area contributed by atoms with Gasteiger partial charge in [-0.05, 0) is 0 Å². The Kier molecular flexibility index (Phi) is 3.33. The molecule has 1 aliphatic heterocycles. The first-order valence-electron chi connectivity index (χ1n) is 5.75. The van der Waals surface area contributed by atoms with Gasteiger partial charge in [-0.25, -0.2) is 0 Å². The molecule has 1 aromatic rings. The second-order valence-corrected chi connectivity index (χ2v) is 4.31. The van der Waals surface area contributed by atoms with Crippen molar-refractivity contribution in [2.24, 2.45) is 5.92 Å². The van der Waals surface area contributed by atoms with E-state index in [4.69, 9.17) is 4.52 Å². The summed E-state index contributed by atoms with van der Waals surface area (Å²) in [6, 6.07) is 0. The topological polar surface area (TPSA) is 59.2 Å². The van der Waals surface area contributed by atoms with Crippen LogP contribution in [0.3, 0.4) is 0 Å². The van der Waals surface area contributed by atoms with Crippen LogP contribution in [0.5, 0.6) is 0 Å². The molecule has 1 saturated heterocycles. The van der Waals surface area contributed by atoms with E-state index in [1.165, 1.54) is 0 Å². The van der Waals surface area contributed by atoms with Crippen LogP contribution in [0.15, 0.2) is 4.52 Å². The number of piperidine rings is 1. The van der Waals surface area contributed by atoms with E-state index in [2.05, 4.69) is 15.0 Å². The average molecular weight is 223 g/mol. The number of aryl methyl sites for hydroxylation is 1. The van der Waals surface area contributed by atoms with Crippen LogP contribution in [0, 0.1) is 5.92 Å². The highest BCUT2D eigenvalue weighted by Gasteiger charge is 2.24. The molecule has 1 unspecified atom stereocenters. The zero-order valence-corrected chi connectivity index (χ0v) is 9.77. The number of carbonyl (C=O) groups is 1. The first kappa shape index (κ1) is 11.3. The maximum atomic E-state index is 11.4. The minimum Gasteiger partial charge on any atom is -0.339 e. The number of Topliss-reactive ketones (excluding diaryl/α,β-unsaturated/α-hetero) is 1. The lowest BCUT2D eigenvalue weighted by molar-refractivity contribution is -0.125. The van der Waals surface area contributed by atoms with E-state index < -0.39 is 0 Å². The second-order valence-electron chi connectivity index (χ2n) is 4.31. The summed E-state index contributed by atoms with van der Waals surface area (Å²) in [5.74, 6) is 1.89. The Labute approximate surface area is 94.8 Å². The zero-order valence-electron chi connectivity index (χ0n) is 9.77. The molecule has 2 rings (SSSR count). The minimum atomic E-state index is 0.131. The molecule has 0 aromatic carbocycles. The Morgan fingerprint density at radius 1 is 1.56 bits per heavy atom. The SMILES string of the molecule is CCc1nc(CN2CCC(=O)C(C)C2)no1. The van der Waals surface area contributed by atoms with Gasteiger partial charge in [-0.2, -0.15) is 4.98 Å². The third-order valence-electron chi connectivity index (χ3n) is 2.93. The molecule has 0 spiro atoms. The van der Waals surface area contributed by atoms with Gasteiger partial charge in [0.05, 0.1) is 6.54 Å². The maximum Gasteiger partial charge on any atom is 0.226 e. The highest BCUT2D eigenvalue weighted by molar-refractivity contribution is 5.81. The minimum absolute atomic E-state index is 0.131. The van der Waals surface area contributed by atoms with E-state index in [9.17, 15) is 4.79 Å². The fourth-order valence-corrected chi connectivity index (χ4v) is 1.94. The van der Waals surface area contributed by atoms with Crippen molar-refractivity contribution >= 4 is 5.78 Å². The van der Waals surface area contributed by atoms with Gasteiger partial charge < -0.3 is 4.52 Å². The number of nitrogens with zero attached hydrogens (tertiary/aromatic N) is 3. The lowest BCUT2D eigenvalue weighted by Gasteiger charge is -2.28. The van der Waals surface area contributed by atoms with Crippen LogP contribution >= 0.6 is 0 Å². The first-order chi connectivity index (χ1) is 7.69. The smallest absolute Gasteiger partial charge is 0.226 e. The average Bonchev–Trinajstić information content (AvgIpc) is 2.71. The van der Waals surface area contributed by atoms with Crippen molar-refractivity contribution in [3.8, 4) is 0 Å². The number of ketones is 1. The Hall–Kier alpha value is -1.23. The molecule has 1 aromatic heterocycles. The number of likely N-dealkylation sites (tertiary alicyclic amines) is 1. The van der Waals surface area contributed by atoms with Crippen molar-refractivity contribution in [1.29, 1.82) is 0 Å². The summed E-state index contributed by atoms with van der Waals surface area (Å²) in [5.41, 5.74) is 0. The lowest BCUT2D eigenvalue weighted by atomic mass is 9.99. The molecule has 5 heteroatoms. The van der Waals surface area contributed by atoms with E-state index in [0.717, 1.165) is 25.3 Å². The second kappa shape index (κ2) is 4.74. The number of rotatable bonds is 3.